The van der Waals surface area contributed by atoms with Gasteiger partial charge in [-0.1, -0.05) is 6.92 Å². The summed E-state index contributed by atoms with van der Waals surface area (Å²) in [5, 5.41) is 9.08. The molecule has 0 spiro atoms. The van der Waals surface area contributed by atoms with Crippen molar-refractivity contribution in [3.63, 3.8) is 0 Å². The first-order valence-corrected chi connectivity index (χ1v) is 5.01. The lowest BCUT2D eigenvalue weighted by molar-refractivity contribution is 0.101. The molecular formula is C9H12N6O. The number of rotatable bonds is 4. The first-order valence-electron chi connectivity index (χ1n) is 5.01. The number of hydrogen-bond donors (Lipinski definition) is 3. The number of nitrogens with one attached hydrogen (secondary N) is 3. The minimum Gasteiger partial charge on any atom is -0.331 e. The zero-order valence-electron chi connectivity index (χ0n) is 8.82. The van der Waals surface area contributed by atoms with Crippen LogP contribution in [0.15, 0.2) is 12.4 Å². The second-order valence-electron chi connectivity index (χ2n) is 3.25. The number of carbonyl (C=O) groups is 1. The SMILES string of the molecule is CCCc1nc(C(=O)Nc2ncc[nH]2)n[nH]1. The highest BCUT2D eigenvalue weighted by molar-refractivity contribution is 6.00. The van der Waals surface area contributed by atoms with E-state index >= 15 is 0 Å². The summed E-state index contributed by atoms with van der Waals surface area (Å²) in [7, 11) is 0. The molecule has 0 saturated carbocycles. The Morgan fingerprint density at radius 2 is 2.44 bits per heavy atom. The van der Waals surface area contributed by atoms with Gasteiger partial charge >= 0.3 is 0 Å². The minimum atomic E-state index is -0.381. The summed E-state index contributed by atoms with van der Waals surface area (Å²) in [6.45, 7) is 2.03. The lowest BCUT2D eigenvalue weighted by atomic mass is 10.3. The summed E-state index contributed by atoms with van der Waals surface area (Å²) < 4.78 is 0. The Balaban J connectivity index is 2.03. The van der Waals surface area contributed by atoms with Crippen molar-refractivity contribution < 1.29 is 4.79 Å². The van der Waals surface area contributed by atoms with Crippen LogP contribution >= 0.6 is 0 Å². The third kappa shape index (κ3) is 2.25. The van der Waals surface area contributed by atoms with Crippen molar-refractivity contribution in [2.75, 3.05) is 5.32 Å². The number of carbonyl (C=O) groups excluding carboxylic acids is 1. The molecule has 0 bridgehead atoms. The molecule has 16 heavy (non-hydrogen) atoms. The predicted molar refractivity (Wildman–Crippen MR) is 56.9 cm³/mol. The molecule has 0 aliphatic rings. The number of aromatic amines is 2. The Labute approximate surface area is 91.7 Å². The number of anilines is 1. The molecular weight excluding hydrogens is 208 g/mol. The van der Waals surface area contributed by atoms with Crippen molar-refractivity contribution in [2.45, 2.75) is 19.8 Å². The average Bonchev–Trinajstić information content (AvgIpc) is 2.89. The highest BCUT2D eigenvalue weighted by atomic mass is 16.2. The first kappa shape index (κ1) is 10.3. The van der Waals surface area contributed by atoms with Crippen LogP contribution in [0.4, 0.5) is 5.95 Å². The molecule has 2 aromatic heterocycles. The van der Waals surface area contributed by atoms with Gasteiger partial charge in [0.15, 0.2) is 0 Å². The van der Waals surface area contributed by atoms with Crippen LogP contribution in [0.1, 0.15) is 29.8 Å². The maximum atomic E-state index is 11.6. The van der Waals surface area contributed by atoms with Crippen molar-refractivity contribution >= 4 is 11.9 Å². The number of imidazole rings is 1. The summed E-state index contributed by atoms with van der Waals surface area (Å²) in [6, 6.07) is 0. The van der Waals surface area contributed by atoms with Gasteiger partial charge in [-0.25, -0.2) is 9.97 Å². The van der Waals surface area contributed by atoms with Crippen LogP contribution in [0.3, 0.4) is 0 Å². The Bertz CT molecular complexity index is 460. The van der Waals surface area contributed by atoms with E-state index in [-0.39, 0.29) is 11.7 Å². The van der Waals surface area contributed by atoms with E-state index < -0.39 is 0 Å². The van der Waals surface area contributed by atoms with Gasteiger partial charge in [-0.2, -0.15) is 0 Å². The summed E-state index contributed by atoms with van der Waals surface area (Å²) >= 11 is 0. The molecule has 0 unspecified atom stereocenters. The maximum Gasteiger partial charge on any atom is 0.297 e. The molecule has 0 aromatic carbocycles. The van der Waals surface area contributed by atoms with E-state index in [0.29, 0.717) is 11.8 Å². The van der Waals surface area contributed by atoms with Gasteiger partial charge < -0.3 is 4.98 Å². The normalized spacial score (nSPS) is 10.3. The van der Waals surface area contributed by atoms with Crippen LogP contribution in [0.5, 0.6) is 0 Å². The maximum absolute atomic E-state index is 11.6. The van der Waals surface area contributed by atoms with Gasteiger partial charge in [-0.15, -0.1) is 5.10 Å². The second-order valence-corrected chi connectivity index (χ2v) is 3.25. The van der Waals surface area contributed by atoms with Gasteiger partial charge in [-0.05, 0) is 6.42 Å². The minimum absolute atomic E-state index is 0.125. The molecule has 0 radical (unpaired) electrons. The van der Waals surface area contributed by atoms with E-state index in [1.807, 2.05) is 6.92 Å². The van der Waals surface area contributed by atoms with E-state index in [2.05, 4.69) is 30.5 Å². The topological polar surface area (TPSA) is 99.3 Å². The molecule has 0 aliphatic carbocycles. The number of amides is 1. The van der Waals surface area contributed by atoms with Crippen molar-refractivity contribution in [1.82, 2.24) is 25.1 Å². The zero-order valence-corrected chi connectivity index (χ0v) is 8.82. The molecule has 0 atom stereocenters. The highest BCUT2D eigenvalue weighted by Gasteiger charge is 2.12. The van der Waals surface area contributed by atoms with E-state index in [1.54, 1.807) is 12.4 Å². The van der Waals surface area contributed by atoms with Crippen LogP contribution in [-0.4, -0.2) is 31.1 Å². The van der Waals surface area contributed by atoms with Crippen LogP contribution in [0, 0.1) is 0 Å². The molecule has 0 saturated heterocycles. The standard InChI is InChI=1S/C9H12N6O/c1-2-3-6-12-7(15-14-6)8(16)13-9-10-4-5-11-9/h4-5H,2-3H2,1H3,(H,12,14,15)(H2,10,11,13,16). The van der Waals surface area contributed by atoms with Gasteiger partial charge in [0.25, 0.3) is 5.91 Å². The van der Waals surface area contributed by atoms with Gasteiger partial charge in [0.05, 0.1) is 0 Å². The second kappa shape index (κ2) is 4.56. The monoisotopic (exact) mass is 220 g/mol. The number of aromatic nitrogens is 5. The Morgan fingerprint density at radius 3 is 3.12 bits per heavy atom. The lowest BCUT2D eigenvalue weighted by Crippen LogP contribution is -2.14. The van der Waals surface area contributed by atoms with Gasteiger partial charge in [-0.3, -0.25) is 15.2 Å². The van der Waals surface area contributed by atoms with Crippen LogP contribution in [-0.2, 0) is 6.42 Å². The molecule has 84 valence electrons. The summed E-state index contributed by atoms with van der Waals surface area (Å²) in [6.07, 6.45) is 4.90. The van der Waals surface area contributed by atoms with Crippen molar-refractivity contribution in [1.29, 1.82) is 0 Å². The van der Waals surface area contributed by atoms with Crippen LogP contribution in [0.2, 0.25) is 0 Å². The van der Waals surface area contributed by atoms with E-state index in [0.717, 1.165) is 12.8 Å². The largest absolute Gasteiger partial charge is 0.331 e. The van der Waals surface area contributed by atoms with Crippen molar-refractivity contribution in [2.24, 2.45) is 0 Å². The average molecular weight is 220 g/mol. The molecule has 1 amide bonds. The molecule has 7 nitrogen and oxygen atoms in total. The van der Waals surface area contributed by atoms with E-state index in [1.165, 1.54) is 0 Å². The third-order valence-electron chi connectivity index (χ3n) is 1.95. The van der Waals surface area contributed by atoms with Crippen LogP contribution in [0.25, 0.3) is 0 Å². The first-order chi connectivity index (χ1) is 7.79. The van der Waals surface area contributed by atoms with Gasteiger partial charge in [0, 0.05) is 18.8 Å². The predicted octanol–water partition coefficient (Wildman–Crippen LogP) is 0.733. The van der Waals surface area contributed by atoms with E-state index in [9.17, 15) is 4.79 Å². The smallest absolute Gasteiger partial charge is 0.297 e. The fourth-order valence-corrected chi connectivity index (χ4v) is 1.24. The van der Waals surface area contributed by atoms with Crippen LogP contribution < -0.4 is 5.32 Å². The molecule has 2 heterocycles. The molecule has 2 aromatic rings. The molecule has 3 N–H and O–H groups in total. The lowest BCUT2D eigenvalue weighted by Gasteiger charge is -1.95. The quantitative estimate of drug-likeness (QED) is 0.707. The number of nitrogens with zero attached hydrogens (tertiary/aromatic N) is 3. The molecule has 0 fully saturated rings. The molecule has 2 rings (SSSR count). The Kier molecular flexibility index (Phi) is 2.95. The molecule has 7 heteroatoms. The Morgan fingerprint density at radius 1 is 1.56 bits per heavy atom. The number of aryl methyl sites for hydroxylation is 1. The number of hydrogen-bond acceptors (Lipinski definition) is 4. The highest BCUT2D eigenvalue weighted by Crippen LogP contribution is 2.00. The fourth-order valence-electron chi connectivity index (χ4n) is 1.24. The van der Waals surface area contributed by atoms with Crippen molar-refractivity contribution in [3.8, 4) is 0 Å². The summed E-state index contributed by atoms with van der Waals surface area (Å²) in [4.78, 5) is 22.3. The molecule has 0 aliphatic heterocycles. The zero-order chi connectivity index (χ0) is 11.4. The fraction of sp³-hybridized carbons (Fsp3) is 0.333. The van der Waals surface area contributed by atoms with Gasteiger partial charge in [0.2, 0.25) is 11.8 Å². The summed E-state index contributed by atoms with van der Waals surface area (Å²) in [5.74, 6) is 0.840. The van der Waals surface area contributed by atoms with Crippen molar-refractivity contribution in [3.05, 3.63) is 24.0 Å². The van der Waals surface area contributed by atoms with Gasteiger partial charge in [0.1, 0.15) is 5.82 Å². The van der Waals surface area contributed by atoms with E-state index in [4.69, 9.17) is 0 Å². The summed E-state index contributed by atoms with van der Waals surface area (Å²) in [5.41, 5.74) is 0. The third-order valence-corrected chi connectivity index (χ3v) is 1.95. The Hall–Kier alpha value is -2.18. The number of H-pyrrole nitrogens is 2.